The summed E-state index contributed by atoms with van der Waals surface area (Å²) < 4.78 is 1.57. The average molecular weight is 211 g/mol. The minimum absolute atomic E-state index is 0.387. The second-order valence-electron chi connectivity index (χ2n) is 4.19. The normalized spacial score (nSPS) is 18.3. The minimum Gasteiger partial charge on any atom is -0.390 e. The van der Waals surface area contributed by atoms with Crippen LogP contribution in [-0.2, 0) is 6.54 Å². The molecule has 1 unspecified atom stereocenters. The van der Waals surface area contributed by atoms with Gasteiger partial charge in [0.15, 0.2) is 5.82 Å². The number of aliphatic hydroxyl groups excluding tert-OH is 1. The van der Waals surface area contributed by atoms with E-state index in [4.69, 9.17) is 5.73 Å². The van der Waals surface area contributed by atoms with Gasteiger partial charge >= 0.3 is 0 Å². The number of anilines is 1. The average Bonchev–Trinajstić information content (AvgIpc) is 2.92. The van der Waals surface area contributed by atoms with Gasteiger partial charge in [-0.05, 0) is 19.9 Å². The van der Waals surface area contributed by atoms with Crippen LogP contribution < -0.4 is 5.73 Å². The lowest BCUT2D eigenvalue weighted by atomic mass is 10.3. The van der Waals surface area contributed by atoms with Crippen LogP contribution in [0.2, 0.25) is 0 Å². The highest BCUT2D eigenvalue weighted by atomic mass is 16.3. The molecule has 1 aromatic heterocycles. The van der Waals surface area contributed by atoms with Gasteiger partial charge in [0.2, 0.25) is 0 Å². The Morgan fingerprint density at radius 2 is 2.47 bits per heavy atom. The first-order valence-corrected chi connectivity index (χ1v) is 5.19. The monoisotopic (exact) mass is 211 g/mol. The first-order chi connectivity index (χ1) is 7.15. The van der Waals surface area contributed by atoms with E-state index in [9.17, 15) is 5.11 Å². The van der Waals surface area contributed by atoms with Crippen LogP contribution in [0.25, 0.3) is 0 Å². The van der Waals surface area contributed by atoms with Crippen LogP contribution in [-0.4, -0.2) is 50.7 Å². The SMILES string of the molecule is CN(CC(O)Cn1cc(N)nn1)C1CC1. The predicted octanol–water partition coefficient (Wildman–Crippen LogP) is -0.685. The molecule has 3 N–H and O–H groups in total. The molecule has 0 aromatic carbocycles. The van der Waals surface area contributed by atoms with Gasteiger partial charge < -0.3 is 15.7 Å². The van der Waals surface area contributed by atoms with E-state index in [1.54, 1.807) is 10.9 Å². The Balaban J connectivity index is 1.78. The van der Waals surface area contributed by atoms with Crippen molar-refractivity contribution in [1.29, 1.82) is 0 Å². The molecule has 2 rings (SSSR count). The summed E-state index contributed by atoms with van der Waals surface area (Å²) in [4.78, 5) is 2.19. The Bertz CT molecular complexity index is 322. The van der Waals surface area contributed by atoms with Crippen molar-refractivity contribution in [2.45, 2.75) is 31.5 Å². The van der Waals surface area contributed by atoms with Gasteiger partial charge in [-0.15, -0.1) is 5.10 Å². The van der Waals surface area contributed by atoms with Crippen molar-refractivity contribution in [3.63, 3.8) is 0 Å². The summed E-state index contributed by atoms with van der Waals surface area (Å²) in [5.41, 5.74) is 5.43. The Labute approximate surface area is 88.7 Å². The number of nitrogens with two attached hydrogens (primary N) is 1. The number of likely N-dealkylation sites (N-methyl/N-ethyl adjacent to an activating group) is 1. The lowest BCUT2D eigenvalue weighted by Gasteiger charge is -2.19. The zero-order valence-electron chi connectivity index (χ0n) is 8.87. The molecular weight excluding hydrogens is 194 g/mol. The van der Waals surface area contributed by atoms with E-state index in [0.29, 0.717) is 24.9 Å². The maximum atomic E-state index is 9.79. The van der Waals surface area contributed by atoms with Crippen molar-refractivity contribution >= 4 is 5.82 Å². The molecule has 84 valence electrons. The first-order valence-electron chi connectivity index (χ1n) is 5.19. The maximum absolute atomic E-state index is 9.79. The summed E-state index contributed by atoms with van der Waals surface area (Å²) in [7, 11) is 2.04. The summed E-state index contributed by atoms with van der Waals surface area (Å²) >= 11 is 0. The largest absolute Gasteiger partial charge is 0.390 e. The fourth-order valence-electron chi connectivity index (χ4n) is 1.67. The first kappa shape index (κ1) is 10.4. The molecular formula is C9H17N5O. The number of hydrogen-bond acceptors (Lipinski definition) is 5. The number of nitrogen functional groups attached to an aromatic ring is 1. The zero-order valence-corrected chi connectivity index (χ0v) is 8.87. The van der Waals surface area contributed by atoms with E-state index in [1.165, 1.54) is 12.8 Å². The van der Waals surface area contributed by atoms with Gasteiger partial charge in [0.1, 0.15) is 0 Å². The molecule has 1 heterocycles. The molecule has 1 aliphatic rings. The van der Waals surface area contributed by atoms with Crippen molar-refractivity contribution in [3.8, 4) is 0 Å². The van der Waals surface area contributed by atoms with Crippen molar-refractivity contribution in [3.05, 3.63) is 6.20 Å². The van der Waals surface area contributed by atoms with Crippen LogP contribution >= 0.6 is 0 Å². The van der Waals surface area contributed by atoms with Gasteiger partial charge in [-0.25, -0.2) is 4.68 Å². The summed E-state index contributed by atoms with van der Waals surface area (Å²) in [6.45, 7) is 1.12. The van der Waals surface area contributed by atoms with Crippen LogP contribution in [0.5, 0.6) is 0 Å². The molecule has 0 saturated heterocycles. The smallest absolute Gasteiger partial charge is 0.165 e. The van der Waals surface area contributed by atoms with E-state index in [1.807, 2.05) is 7.05 Å². The fourth-order valence-corrected chi connectivity index (χ4v) is 1.67. The predicted molar refractivity (Wildman–Crippen MR) is 56.1 cm³/mol. The third-order valence-corrected chi connectivity index (χ3v) is 2.62. The van der Waals surface area contributed by atoms with Crippen LogP contribution in [0.1, 0.15) is 12.8 Å². The second kappa shape index (κ2) is 4.16. The number of hydrogen-bond donors (Lipinski definition) is 2. The molecule has 0 amide bonds. The van der Waals surface area contributed by atoms with Gasteiger partial charge in [-0.3, -0.25) is 0 Å². The topological polar surface area (TPSA) is 80.2 Å². The number of nitrogens with zero attached hydrogens (tertiary/aromatic N) is 4. The lowest BCUT2D eigenvalue weighted by molar-refractivity contribution is 0.103. The molecule has 1 saturated carbocycles. The van der Waals surface area contributed by atoms with Crippen LogP contribution in [0, 0.1) is 0 Å². The molecule has 0 spiro atoms. The van der Waals surface area contributed by atoms with E-state index < -0.39 is 6.10 Å². The third kappa shape index (κ3) is 2.90. The van der Waals surface area contributed by atoms with Gasteiger partial charge in [0.25, 0.3) is 0 Å². The molecule has 1 atom stereocenters. The highest BCUT2D eigenvalue weighted by molar-refractivity contribution is 5.19. The van der Waals surface area contributed by atoms with E-state index in [2.05, 4.69) is 15.2 Å². The van der Waals surface area contributed by atoms with Crippen molar-refractivity contribution in [2.75, 3.05) is 19.3 Å². The van der Waals surface area contributed by atoms with Crippen molar-refractivity contribution < 1.29 is 5.11 Å². The number of aliphatic hydroxyl groups is 1. The third-order valence-electron chi connectivity index (χ3n) is 2.62. The highest BCUT2D eigenvalue weighted by Crippen LogP contribution is 2.25. The van der Waals surface area contributed by atoms with Crippen LogP contribution in [0.15, 0.2) is 6.20 Å². The molecule has 1 aromatic rings. The van der Waals surface area contributed by atoms with Gasteiger partial charge in [0.05, 0.1) is 18.8 Å². The molecule has 0 aliphatic heterocycles. The summed E-state index contributed by atoms with van der Waals surface area (Å²) in [6.07, 6.45) is 3.70. The minimum atomic E-state index is -0.420. The molecule has 6 nitrogen and oxygen atoms in total. The van der Waals surface area contributed by atoms with E-state index in [-0.39, 0.29) is 0 Å². The summed E-state index contributed by atoms with van der Waals surface area (Å²) in [5, 5.41) is 17.2. The van der Waals surface area contributed by atoms with Crippen molar-refractivity contribution in [1.82, 2.24) is 19.9 Å². The number of aromatic nitrogens is 3. The Morgan fingerprint density at radius 3 is 3.00 bits per heavy atom. The lowest BCUT2D eigenvalue weighted by Crippen LogP contribution is -2.33. The highest BCUT2D eigenvalue weighted by Gasteiger charge is 2.27. The fraction of sp³-hybridized carbons (Fsp3) is 0.778. The molecule has 15 heavy (non-hydrogen) atoms. The second-order valence-corrected chi connectivity index (χ2v) is 4.19. The Hall–Kier alpha value is -1.14. The van der Waals surface area contributed by atoms with Crippen molar-refractivity contribution in [2.24, 2.45) is 0 Å². The Morgan fingerprint density at radius 1 is 1.73 bits per heavy atom. The molecule has 1 aliphatic carbocycles. The van der Waals surface area contributed by atoms with Gasteiger partial charge in [0, 0.05) is 12.6 Å². The summed E-state index contributed by atoms with van der Waals surface area (Å²) in [5.74, 6) is 0.387. The number of rotatable bonds is 5. The van der Waals surface area contributed by atoms with E-state index in [0.717, 1.165) is 0 Å². The molecule has 1 fully saturated rings. The van der Waals surface area contributed by atoms with Gasteiger partial charge in [-0.1, -0.05) is 5.21 Å². The van der Waals surface area contributed by atoms with E-state index >= 15 is 0 Å². The summed E-state index contributed by atoms with van der Waals surface area (Å²) in [6, 6.07) is 0.667. The van der Waals surface area contributed by atoms with Crippen LogP contribution in [0.4, 0.5) is 5.82 Å². The van der Waals surface area contributed by atoms with Crippen LogP contribution in [0.3, 0.4) is 0 Å². The molecule has 0 bridgehead atoms. The Kier molecular flexibility index (Phi) is 2.88. The maximum Gasteiger partial charge on any atom is 0.165 e. The standard InChI is InChI=1S/C9H17N5O/c1-13(7-2-3-7)4-8(15)5-14-6-9(10)11-12-14/h6-8,15H,2-5,10H2,1H3. The molecule has 6 heteroatoms. The molecule has 0 radical (unpaired) electrons. The quantitative estimate of drug-likeness (QED) is 0.674. The van der Waals surface area contributed by atoms with Gasteiger partial charge in [-0.2, -0.15) is 0 Å². The zero-order chi connectivity index (χ0) is 10.8.